The summed E-state index contributed by atoms with van der Waals surface area (Å²) in [6.45, 7) is 7.13. The third-order valence-electron chi connectivity index (χ3n) is 5.47. The van der Waals surface area contributed by atoms with Crippen LogP contribution in [0.1, 0.15) is 40.1 Å². The van der Waals surface area contributed by atoms with Crippen molar-refractivity contribution >= 4 is 17.6 Å². The average molecular weight is 403 g/mol. The highest BCUT2D eigenvalue weighted by atomic mass is 16.2. The molecule has 3 aromatic rings. The second-order valence-electron chi connectivity index (χ2n) is 7.51. The highest BCUT2D eigenvalue weighted by Gasteiger charge is 2.23. The van der Waals surface area contributed by atoms with E-state index in [2.05, 4.69) is 15.7 Å². The zero-order chi connectivity index (χ0) is 21.3. The highest BCUT2D eigenvalue weighted by Crippen LogP contribution is 2.24. The molecule has 0 saturated carbocycles. The molecule has 2 aromatic carbocycles. The molecule has 0 aliphatic carbocycles. The summed E-state index contributed by atoms with van der Waals surface area (Å²) in [6.07, 6.45) is 1.80. The van der Waals surface area contributed by atoms with Crippen LogP contribution in [0, 0.1) is 13.8 Å². The number of hydrogen-bond acceptors (Lipinski definition) is 3. The smallest absolute Gasteiger partial charge is 0.322 e. The standard InChI is InChI=1S/C23H25N5O2/c1-15-13-18(9-10-21(15)27-12-11-24-23(27)30)22(29)26-16(2)20-14-25-28(17(20)3)19-7-5-4-6-8-19/h4-10,13-14,16H,11-12H2,1-3H3,(H,24,30)(H,26,29). The van der Waals surface area contributed by atoms with Crippen molar-refractivity contribution < 1.29 is 9.59 Å². The van der Waals surface area contributed by atoms with Crippen LogP contribution < -0.4 is 15.5 Å². The van der Waals surface area contributed by atoms with Crippen molar-refractivity contribution in [1.29, 1.82) is 0 Å². The molecule has 1 atom stereocenters. The van der Waals surface area contributed by atoms with Crippen molar-refractivity contribution in [3.05, 3.63) is 77.1 Å². The lowest BCUT2D eigenvalue weighted by atomic mass is 10.1. The van der Waals surface area contributed by atoms with Gasteiger partial charge >= 0.3 is 6.03 Å². The van der Waals surface area contributed by atoms with Crippen molar-refractivity contribution in [3.8, 4) is 5.69 Å². The number of nitrogens with one attached hydrogen (secondary N) is 2. The molecule has 0 radical (unpaired) electrons. The molecule has 0 bridgehead atoms. The second kappa shape index (κ2) is 8.02. The molecule has 1 aliphatic heterocycles. The Morgan fingerprint density at radius 1 is 1.17 bits per heavy atom. The molecule has 1 unspecified atom stereocenters. The highest BCUT2D eigenvalue weighted by molar-refractivity contribution is 5.98. The van der Waals surface area contributed by atoms with E-state index in [9.17, 15) is 9.59 Å². The van der Waals surface area contributed by atoms with Crippen LogP contribution in [-0.4, -0.2) is 34.8 Å². The van der Waals surface area contributed by atoms with Crippen LogP contribution in [0.4, 0.5) is 10.5 Å². The van der Waals surface area contributed by atoms with Gasteiger partial charge in [-0.3, -0.25) is 9.69 Å². The Balaban J connectivity index is 1.50. The zero-order valence-electron chi connectivity index (χ0n) is 17.3. The first-order valence-corrected chi connectivity index (χ1v) is 10.0. The van der Waals surface area contributed by atoms with Gasteiger partial charge in [-0.25, -0.2) is 9.48 Å². The van der Waals surface area contributed by atoms with Crippen LogP contribution in [0.25, 0.3) is 5.69 Å². The van der Waals surface area contributed by atoms with Crippen molar-refractivity contribution in [2.24, 2.45) is 0 Å². The van der Waals surface area contributed by atoms with Crippen LogP contribution in [0.15, 0.2) is 54.7 Å². The number of aromatic nitrogens is 2. The summed E-state index contributed by atoms with van der Waals surface area (Å²) < 4.78 is 1.87. The van der Waals surface area contributed by atoms with Crippen LogP contribution in [0.3, 0.4) is 0 Å². The molecule has 7 nitrogen and oxygen atoms in total. The maximum atomic E-state index is 12.8. The predicted octanol–water partition coefficient (Wildman–Crippen LogP) is 3.51. The molecule has 1 aliphatic rings. The van der Waals surface area contributed by atoms with Gasteiger partial charge in [0.15, 0.2) is 0 Å². The average Bonchev–Trinajstić information content (AvgIpc) is 3.34. The van der Waals surface area contributed by atoms with Crippen LogP contribution in [0.5, 0.6) is 0 Å². The Hall–Kier alpha value is -3.61. The molecule has 1 aromatic heterocycles. The van der Waals surface area contributed by atoms with Crippen molar-refractivity contribution in [2.75, 3.05) is 18.0 Å². The summed E-state index contributed by atoms with van der Waals surface area (Å²) in [6, 6.07) is 15.0. The van der Waals surface area contributed by atoms with Crippen LogP contribution in [-0.2, 0) is 0 Å². The van der Waals surface area contributed by atoms with Gasteiger partial charge in [-0.1, -0.05) is 18.2 Å². The van der Waals surface area contributed by atoms with E-state index in [-0.39, 0.29) is 18.0 Å². The monoisotopic (exact) mass is 403 g/mol. The lowest BCUT2D eigenvalue weighted by molar-refractivity contribution is 0.0939. The topological polar surface area (TPSA) is 79.3 Å². The number of rotatable bonds is 5. The molecular formula is C23H25N5O2. The zero-order valence-corrected chi connectivity index (χ0v) is 17.3. The number of aryl methyl sites for hydroxylation is 1. The van der Waals surface area contributed by atoms with E-state index in [1.54, 1.807) is 17.2 Å². The SMILES string of the molecule is Cc1cc(C(=O)NC(C)c2cnn(-c3ccccc3)c2C)ccc1N1CCNC1=O. The fourth-order valence-corrected chi connectivity index (χ4v) is 3.84. The summed E-state index contributed by atoms with van der Waals surface area (Å²) in [5, 5.41) is 10.3. The molecule has 0 spiro atoms. The number of hydrogen-bond donors (Lipinski definition) is 2. The fourth-order valence-electron chi connectivity index (χ4n) is 3.84. The Labute approximate surface area is 175 Å². The third-order valence-corrected chi connectivity index (χ3v) is 5.47. The van der Waals surface area contributed by atoms with Gasteiger partial charge in [-0.2, -0.15) is 5.10 Å². The van der Waals surface area contributed by atoms with Crippen molar-refractivity contribution in [2.45, 2.75) is 26.8 Å². The quantitative estimate of drug-likeness (QED) is 0.684. The normalized spacial score (nSPS) is 14.5. The second-order valence-corrected chi connectivity index (χ2v) is 7.51. The lowest BCUT2D eigenvalue weighted by Gasteiger charge is -2.18. The molecule has 30 heavy (non-hydrogen) atoms. The summed E-state index contributed by atoms with van der Waals surface area (Å²) >= 11 is 0. The van der Waals surface area contributed by atoms with Gasteiger partial charge < -0.3 is 10.6 Å². The Morgan fingerprint density at radius 3 is 2.60 bits per heavy atom. The van der Waals surface area contributed by atoms with E-state index >= 15 is 0 Å². The maximum Gasteiger partial charge on any atom is 0.322 e. The van der Waals surface area contributed by atoms with Crippen LogP contribution >= 0.6 is 0 Å². The van der Waals surface area contributed by atoms with Gasteiger partial charge in [-0.15, -0.1) is 0 Å². The van der Waals surface area contributed by atoms with Gasteiger partial charge in [0.2, 0.25) is 0 Å². The minimum Gasteiger partial charge on any atom is -0.345 e. The van der Waals surface area contributed by atoms with Gasteiger partial charge in [0, 0.05) is 35.6 Å². The van der Waals surface area contributed by atoms with Gasteiger partial charge in [0.1, 0.15) is 0 Å². The molecule has 1 saturated heterocycles. The summed E-state index contributed by atoms with van der Waals surface area (Å²) in [4.78, 5) is 26.4. The van der Waals surface area contributed by atoms with E-state index < -0.39 is 0 Å². The Kier molecular flexibility index (Phi) is 5.27. The number of benzene rings is 2. The van der Waals surface area contributed by atoms with Gasteiger partial charge in [0.25, 0.3) is 5.91 Å². The Morgan fingerprint density at radius 2 is 1.93 bits per heavy atom. The van der Waals surface area contributed by atoms with E-state index in [0.29, 0.717) is 18.7 Å². The minimum atomic E-state index is -0.195. The number of carbonyl (C=O) groups excluding carboxylic acids is 2. The van der Waals surface area contributed by atoms with E-state index in [4.69, 9.17) is 0 Å². The first-order chi connectivity index (χ1) is 14.5. The van der Waals surface area contributed by atoms with Crippen LogP contribution in [0.2, 0.25) is 0 Å². The number of para-hydroxylation sites is 1. The number of amides is 3. The first kappa shape index (κ1) is 19.7. The largest absolute Gasteiger partial charge is 0.345 e. The van der Waals surface area contributed by atoms with Gasteiger partial charge in [-0.05, 0) is 56.7 Å². The maximum absolute atomic E-state index is 12.8. The van der Waals surface area contributed by atoms with E-state index in [0.717, 1.165) is 28.2 Å². The van der Waals surface area contributed by atoms with Crippen molar-refractivity contribution in [1.82, 2.24) is 20.4 Å². The molecule has 1 fully saturated rings. The first-order valence-electron chi connectivity index (χ1n) is 10.0. The molecule has 2 heterocycles. The molecule has 2 N–H and O–H groups in total. The number of anilines is 1. The van der Waals surface area contributed by atoms with E-state index in [1.807, 2.05) is 67.9 Å². The third kappa shape index (κ3) is 3.66. The number of nitrogens with zero attached hydrogens (tertiary/aromatic N) is 3. The Bertz CT molecular complexity index is 1090. The molecule has 7 heteroatoms. The van der Waals surface area contributed by atoms with Crippen molar-refractivity contribution in [3.63, 3.8) is 0 Å². The van der Waals surface area contributed by atoms with E-state index in [1.165, 1.54) is 0 Å². The minimum absolute atomic E-state index is 0.102. The molecule has 154 valence electrons. The summed E-state index contributed by atoms with van der Waals surface area (Å²) in [7, 11) is 0. The summed E-state index contributed by atoms with van der Waals surface area (Å²) in [5.41, 5.74) is 5.22. The fraction of sp³-hybridized carbons (Fsp3) is 0.261. The molecular weight excluding hydrogens is 378 g/mol. The molecule has 3 amide bonds. The number of carbonyl (C=O) groups is 2. The number of urea groups is 1. The predicted molar refractivity (Wildman–Crippen MR) is 116 cm³/mol. The molecule has 4 rings (SSSR count). The summed E-state index contributed by atoms with van der Waals surface area (Å²) in [5.74, 6) is -0.158. The van der Waals surface area contributed by atoms with Gasteiger partial charge in [0.05, 0.1) is 17.9 Å². The lowest BCUT2D eigenvalue weighted by Crippen LogP contribution is -2.29.